The SMILES string of the molecule is CC(C)(C)OC(=O)N[C@@H](Cc1nc(-c2cccc([C@@H]3COc4cccnc4O3)c2)no1)C(=O)O. The van der Waals surface area contributed by atoms with Crippen molar-refractivity contribution in [2.24, 2.45) is 0 Å². The first-order valence-electron chi connectivity index (χ1n) is 10.6. The van der Waals surface area contributed by atoms with E-state index in [1.165, 1.54) is 0 Å². The van der Waals surface area contributed by atoms with E-state index < -0.39 is 23.7 Å². The molecule has 4 rings (SSSR count). The van der Waals surface area contributed by atoms with Crippen LogP contribution in [-0.2, 0) is 16.0 Å². The third-order valence-corrected chi connectivity index (χ3v) is 4.73. The lowest BCUT2D eigenvalue weighted by atomic mass is 10.1. The maximum atomic E-state index is 12.0. The molecule has 3 aromatic rings. The van der Waals surface area contributed by atoms with E-state index in [2.05, 4.69) is 20.4 Å². The number of carbonyl (C=O) groups is 2. The molecule has 0 radical (unpaired) electrons. The molecule has 0 unspecified atom stereocenters. The Kier molecular flexibility index (Phi) is 6.35. The van der Waals surface area contributed by atoms with Crippen LogP contribution in [0.1, 0.15) is 38.3 Å². The Labute approximate surface area is 195 Å². The third kappa shape index (κ3) is 5.61. The fourth-order valence-corrected chi connectivity index (χ4v) is 3.23. The first kappa shape index (κ1) is 23.0. The number of hydrogen-bond donors (Lipinski definition) is 2. The summed E-state index contributed by atoms with van der Waals surface area (Å²) >= 11 is 0. The summed E-state index contributed by atoms with van der Waals surface area (Å²) in [6.07, 6.45) is 0.203. The Hall–Kier alpha value is -4.15. The zero-order valence-corrected chi connectivity index (χ0v) is 18.8. The maximum Gasteiger partial charge on any atom is 0.408 e. The highest BCUT2D eigenvalue weighted by Crippen LogP contribution is 2.34. The van der Waals surface area contributed by atoms with E-state index in [0.717, 1.165) is 5.56 Å². The van der Waals surface area contributed by atoms with Gasteiger partial charge in [-0.15, -0.1) is 0 Å². The monoisotopic (exact) mass is 468 g/mol. The highest BCUT2D eigenvalue weighted by atomic mass is 16.6. The summed E-state index contributed by atoms with van der Waals surface area (Å²) in [5.41, 5.74) is 0.714. The number of carbonyl (C=O) groups excluding carboxylic acids is 1. The minimum absolute atomic E-state index is 0.0549. The van der Waals surface area contributed by atoms with Crippen LogP contribution in [0.4, 0.5) is 4.79 Å². The zero-order valence-electron chi connectivity index (χ0n) is 18.8. The molecule has 2 atom stereocenters. The number of benzene rings is 1. The number of rotatable bonds is 6. The summed E-state index contributed by atoms with van der Waals surface area (Å²) in [7, 11) is 0. The van der Waals surface area contributed by atoms with Crippen molar-refractivity contribution in [1.29, 1.82) is 0 Å². The lowest BCUT2D eigenvalue weighted by Gasteiger charge is -2.25. The molecule has 1 aliphatic rings. The second-order valence-corrected chi connectivity index (χ2v) is 8.60. The van der Waals surface area contributed by atoms with Crippen molar-refractivity contribution in [3.63, 3.8) is 0 Å². The second kappa shape index (κ2) is 9.38. The van der Waals surface area contributed by atoms with Crippen molar-refractivity contribution < 1.29 is 33.4 Å². The molecule has 0 spiro atoms. The number of aromatic nitrogens is 3. The number of aliphatic carboxylic acids is 1. The maximum absolute atomic E-state index is 12.0. The van der Waals surface area contributed by atoms with Crippen molar-refractivity contribution in [3.05, 3.63) is 54.0 Å². The summed E-state index contributed by atoms with van der Waals surface area (Å²) in [5.74, 6) is 0.0811. The largest absolute Gasteiger partial charge is 0.484 e. The summed E-state index contributed by atoms with van der Waals surface area (Å²) in [6, 6.07) is 9.60. The van der Waals surface area contributed by atoms with E-state index in [1.807, 2.05) is 18.2 Å². The predicted molar refractivity (Wildman–Crippen MR) is 117 cm³/mol. The molecule has 178 valence electrons. The molecule has 0 saturated carbocycles. The molecule has 34 heavy (non-hydrogen) atoms. The number of nitrogens with zero attached hydrogens (tertiary/aromatic N) is 3. The van der Waals surface area contributed by atoms with Gasteiger partial charge in [0.2, 0.25) is 11.7 Å². The number of hydrogen-bond acceptors (Lipinski definition) is 9. The number of carboxylic acids is 1. The molecule has 3 heterocycles. The van der Waals surface area contributed by atoms with Gasteiger partial charge in [0.05, 0.1) is 6.42 Å². The lowest BCUT2D eigenvalue weighted by molar-refractivity contribution is -0.139. The highest BCUT2D eigenvalue weighted by molar-refractivity contribution is 5.80. The van der Waals surface area contributed by atoms with Crippen molar-refractivity contribution in [2.45, 2.75) is 44.9 Å². The van der Waals surface area contributed by atoms with E-state index in [0.29, 0.717) is 23.8 Å². The molecule has 11 heteroatoms. The quantitative estimate of drug-likeness (QED) is 0.553. The topological polar surface area (TPSA) is 146 Å². The fourth-order valence-electron chi connectivity index (χ4n) is 3.23. The lowest BCUT2D eigenvalue weighted by Crippen LogP contribution is -2.44. The van der Waals surface area contributed by atoms with E-state index >= 15 is 0 Å². The van der Waals surface area contributed by atoms with Crippen LogP contribution in [0.3, 0.4) is 0 Å². The summed E-state index contributed by atoms with van der Waals surface area (Å²) in [4.78, 5) is 32.0. The van der Waals surface area contributed by atoms with Gasteiger partial charge in [0.15, 0.2) is 11.9 Å². The minimum atomic E-state index is -1.30. The molecule has 1 aromatic carbocycles. The Balaban J connectivity index is 1.46. The first-order chi connectivity index (χ1) is 16.2. The van der Waals surface area contributed by atoms with Gasteiger partial charge in [-0.25, -0.2) is 14.6 Å². The van der Waals surface area contributed by atoms with Crippen molar-refractivity contribution in [1.82, 2.24) is 20.4 Å². The summed E-state index contributed by atoms with van der Waals surface area (Å²) in [6.45, 7) is 5.36. The van der Waals surface area contributed by atoms with Crippen LogP contribution in [-0.4, -0.2) is 50.5 Å². The van der Waals surface area contributed by atoms with E-state index in [9.17, 15) is 14.7 Å². The fraction of sp³-hybridized carbons (Fsp3) is 0.348. The molecule has 0 saturated heterocycles. The van der Waals surface area contributed by atoms with Gasteiger partial charge in [-0.1, -0.05) is 23.4 Å². The van der Waals surface area contributed by atoms with Gasteiger partial charge in [-0.2, -0.15) is 4.98 Å². The first-order valence-corrected chi connectivity index (χ1v) is 10.6. The predicted octanol–water partition coefficient (Wildman–Crippen LogP) is 3.16. The van der Waals surface area contributed by atoms with E-state index in [1.54, 1.807) is 45.2 Å². The molecule has 0 aliphatic carbocycles. The number of carboxylic acid groups (broad SMARTS) is 1. The van der Waals surface area contributed by atoms with Crippen molar-refractivity contribution >= 4 is 12.1 Å². The third-order valence-electron chi connectivity index (χ3n) is 4.73. The highest BCUT2D eigenvalue weighted by Gasteiger charge is 2.27. The van der Waals surface area contributed by atoms with Gasteiger partial charge < -0.3 is 29.2 Å². The molecule has 1 aliphatic heterocycles. The second-order valence-electron chi connectivity index (χ2n) is 8.60. The van der Waals surface area contributed by atoms with E-state index in [-0.39, 0.29) is 24.2 Å². The van der Waals surface area contributed by atoms with Gasteiger partial charge in [0, 0.05) is 11.8 Å². The molecular formula is C23H24N4O7. The number of fused-ring (bicyclic) bond motifs is 1. The average Bonchev–Trinajstić information content (AvgIpc) is 3.26. The summed E-state index contributed by atoms with van der Waals surface area (Å²) in [5, 5.41) is 15.7. The number of alkyl carbamates (subject to hydrolysis) is 1. The average molecular weight is 468 g/mol. The van der Waals surface area contributed by atoms with Crippen LogP contribution >= 0.6 is 0 Å². The molecule has 0 bridgehead atoms. The Morgan fingerprint density at radius 3 is 2.85 bits per heavy atom. The number of pyridine rings is 1. The molecule has 11 nitrogen and oxygen atoms in total. The molecular weight excluding hydrogens is 444 g/mol. The Morgan fingerprint density at radius 1 is 1.26 bits per heavy atom. The van der Waals surface area contributed by atoms with Crippen LogP contribution < -0.4 is 14.8 Å². The molecule has 2 N–H and O–H groups in total. The zero-order chi connectivity index (χ0) is 24.3. The molecule has 1 amide bonds. The standard InChI is InChI=1S/C23H24N4O7/c1-23(2,3)33-22(30)25-15(21(28)29)11-18-26-19(27-34-18)14-7-4-6-13(10-14)17-12-31-16-8-5-9-24-20(16)32-17/h4-10,15,17H,11-12H2,1-3H3,(H,25,30)(H,28,29)/t15-,17-/m0/s1. The molecule has 0 fully saturated rings. The van der Waals surface area contributed by atoms with Gasteiger partial charge in [-0.05, 0) is 44.5 Å². The number of ether oxygens (including phenoxy) is 3. The Morgan fingerprint density at radius 2 is 2.09 bits per heavy atom. The Bertz CT molecular complexity index is 1190. The smallest absolute Gasteiger partial charge is 0.408 e. The van der Waals surface area contributed by atoms with Crippen LogP contribution in [0, 0.1) is 0 Å². The van der Waals surface area contributed by atoms with Crippen molar-refractivity contribution in [3.8, 4) is 23.0 Å². The normalized spacial score (nSPS) is 15.9. The minimum Gasteiger partial charge on any atom is -0.484 e. The van der Waals surface area contributed by atoms with Crippen molar-refractivity contribution in [2.75, 3.05) is 6.61 Å². The van der Waals surface area contributed by atoms with E-state index in [4.69, 9.17) is 18.7 Å². The van der Waals surface area contributed by atoms with Crippen LogP contribution in [0.2, 0.25) is 0 Å². The number of nitrogens with one attached hydrogen (secondary N) is 1. The van der Waals surface area contributed by atoms with Crippen LogP contribution in [0.25, 0.3) is 11.4 Å². The molecule has 2 aromatic heterocycles. The van der Waals surface area contributed by atoms with Gasteiger partial charge in [0.25, 0.3) is 5.88 Å². The van der Waals surface area contributed by atoms with Crippen LogP contribution in [0.5, 0.6) is 11.6 Å². The van der Waals surface area contributed by atoms with Crippen LogP contribution in [0.15, 0.2) is 47.1 Å². The van der Waals surface area contributed by atoms with Gasteiger partial charge in [0.1, 0.15) is 18.2 Å². The number of amides is 1. The summed E-state index contributed by atoms with van der Waals surface area (Å²) < 4.78 is 22.0. The van der Waals surface area contributed by atoms with Gasteiger partial charge in [-0.3, -0.25) is 0 Å². The van der Waals surface area contributed by atoms with Gasteiger partial charge >= 0.3 is 12.1 Å².